The molecule has 41 heavy (non-hydrogen) atoms. The summed E-state index contributed by atoms with van der Waals surface area (Å²) in [6.45, 7) is 5.33. The van der Waals surface area contributed by atoms with E-state index >= 15 is 4.39 Å². The van der Waals surface area contributed by atoms with E-state index in [2.05, 4.69) is 4.98 Å². The molecule has 1 aliphatic rings. The van der Waals surface area contributed by atoms with Crippen LogP contribution in [0.15, 0.2) is 41.3 Å². The van der Waals surface area contributed by atoms with Gasteiger partial charge in [0.1, 0.15) is 34.1 Å². The minimum atomic E-state index is -1.59. The van der Waals surface area contributed by atoms with E-state index in [0.29, 0.717) is 23.8 Å². The van der Waals surface area contributed by atoms with E-state index in [1.165, 1.54) is 16.2 Å². The number of aromatic nitrogens is 2. The summed E-state index contributed by atoms with van der Waals surface area (Å²) in [6.07, 6.45) is 2.58. The lowest BCUT2D eigenvalue weighted by Crippen LogP contribution is -2.37. The van der Waals surface area contributed by atoms with Gasteiger partial charge in [0, 0.05) is 24.2 Å². The molecule has 8 nitrogen and oxygen atoms in total. The highest BCUT2D eigenvalue weighted by atomic mass is 32.1. The van der Waals surface area contributed by atoms with Crippen molar-refractivity contribution in [2.75, 3.05) is 7.05 Å². The highest BCUT2D eigenvalue weighted by Gasteiger charge is 2.32. The molecular formula is C29H26F3N3O5S. The zero-order chi connectivity index (χ0) is 29.8. The van der Waals surface area contributed by atoms with Crippen molar-refractivity contribution >= 4 is 34.4 Å². The maximum atomic E-state index is 15.6. The van der Waals surface area contributed by atoms with Crippen LogP contribution < -0.4 is 5.43 Å². The first kappa shape index (κ1) is 28.3. The van der Waals surface area contributed by atoms with Crippen LogP contribution in [0.5, 0.6) is 0 Å². The van der Waals surface area contributed by atoms with Crippen molar-refractivity contribution in [2.45, 2.75) is 51.7 Å². The number of carboxylic acids is 1. The number of amides is 1. The number of ether oxygens (including phenoxy) is 1. The molecule has 3 aromatic heterocycles. The first-order valence-electron chi connectivity index (χ1n) is 12.8. The Hall–Kier alpha value is -4.19. The van der Waals surface area contributed by atoms with Gasteiger partial charge < -0.3 is 14.7 Å². The van der Waals surface area contributed by atoms with E-state index in [9.17, 15) is 28.3 Å². The maximum absolute atomic E-state index is 15.6. The van der Waals surface area contributed by atoms with Crippen LogP contribution in [0.4, 0.5) is 18.0 Å². The van der Waals surface area contributed by atoms with Gasteiger partial charge in [-0.3, -0.25) is 9.36 Å². The predicted octanol–water partition coefficient (Wildman–Crippen LogP) is 6.47. The lowest BCUT2D eigenvalue weighted by Gasteiger charge is -2.33. The molecule has 3 heterocycles. The largest absolute Gasteiger partial charge is 0.477 e. The second-order valence-corrected chi connectivity index (χ2v) is 12.0. The average molecular weight is 586 g/mol. The van der Waals surface area contributed by atoms with Crippen molar-refractivity contribution < 1.29 is 32.6 Å². The van der Waals surface area contributed by atoms with Gasteiger partial charge in [-0.2, -0.15) is 0 Å². The molecule has 1 amide bonds. The molecule has 214 valence electrons. The van der Waals surface area contributed by atoms with Crippen LogP contribution in [-0.2, 0) is 11.2 Å². The predicted molar refractivity (Wildman–Crippen MR) is 147 cm³/mol. The topological polar surface area (TPSA) is 102 Å². The zero-order valence-corrected chi connectivity index (χ0v) is 23.4. The second kappa shape index (κ2) is 10.3. The van der Waals surface area contributed by atoms with E-state index in [1.807, 2.05) is 0 Å². The minimum Gasteiger partial charge on any atom is -0.477 e. The van der Waals surface area contributed by atoms with Crippen LogP contribution in [0.3, 0.4) is 0 Å². The normalized spacial score (nSPS) is 15.0. The molecule has 0 saturated heterocycles. The number of nitrogens with zero attached hydrogens (tertiary/aromatic N) is 3. The molecule has 12 heteroatoms. The number of hydrogen-bond acceptors (Lipinski definition) is 6. The number of hydrogen-bond donors (Lipinski definition) is 1. The molecule has 0 spiro atoms. The Balaban J connectivity index is 1.66. The lowest BCUT2D eigenvalue weighted by atomic mass is 9.92. The maximum Gasteiger partial charge on any atom is 0.410 e. The van der Waals surface area contributed by atoms with Gasteiger partial charge >= 0.3 is 12.1 Å². The van der Waals surface area contributed by atoms with Crippen molar-refractivity contribution in [3.63, 3.8) is 0 Å². The van der Waals surface area contributed by atoms with Gasteiger partial charge in [0.25, 0.3) is 0 Å². The number of aryl methyl sites for hydroxylation is 1. The van der Waals surface area contributed by atoms with Crippen LogP contribution >= 0.6 is 11.3 Å². The number of thiophene rings is 1. The smallest absolute Gasteiger partial charge is 0.410 e. The number of benzene rings is 1. The molecule has 0 radical (unpaired) electrons. The summed E-state index contributed by atoms with van der Waals surface area (Å²) in [7, 11) is 1.65. The molecule has 0 saturated carbocycles. The molecular weight excluding hydrogens is 559 g/mol. The monoisotopic (exact) mass is 585 g/mol. The van der Waals surface area contributed by atoms with Crippen LogP contribution in [0.1, 0.15) is 60.5 Å². The fraction of sp³-hybridized carbons (Fsp3) is 0.310. The number of aromatic carboxylic acids is 1. The molecule has 5 rings (SSSR count). The van der Waals surface area contributed by atoms with E-state index in [4.69, 9.17) is 4.74 Å². The summed E-state index contributed by atoms with van der Waals surface area (Å²) in [5.74, 6) is -4.36. The molecule has 1 N–H and O–H groups in total. The molecule has 1 aromatic carbocycles. The summed E-state index contributed by atoms with van der Waals surface area (Å²) in [6, 6.07) is 4.97. The van der Waals surface area contributed by atoms with Gasteiger partial charge in [-0.1, -0.05) is 0 Å². The Morgan fingerprint density at radius 3 is 2.54 bits per heavy atom. The third-order valence-electron chi connectivity index (χ3n) is 6.80. The number of carbonyl (C=O) groups excluding carboxylic acids is 1. The Bertz CT molecular complexity index is 1780. The number of fused-ring (bicyclic) bond motifs is 2. The molecule has 0 aliphatic heterocycles. The van der Waals surface area contributed by atoms with Crippen molar-refractivity contribution in [3.05, 3.63) is 80.2 Å². The molecule has 0 fully saturated rings. The van der Waals surface area contributed by atoms with Crippen LogP contribution in [-0.4, -0.2) is 44.3 Å². The first-order chi connectivity index (χ1) is 19.2. The summed E-state index contributed by atoms with van der Waals surface area (Å²) < 4.78 is 50.5. The van der Waals surface area contributed by atoms with Crippen molar-refractivity contribution in [3.8, 4) is 16.3 Å². The van der Waals surface area contributed by atoms with Crippen LogP contribution in [0.2, 0.25) is 0 Å². The number of carboxylic acid groups (broad SMARTS) is 1. The Kier molecular flexibility index (Phi) is 7.14. The Labute approximate surface area is 236 Å². The Morgan fingerprint density at radius 1 is 1.15 bits per heavy atom. The van der Waals surface area contributed by atoms with Gasteiger partial charge in [-0.15, -0.1) is 11.3 Å². The van der Waals surface area contributed by atoms with Crippen molar-refractivity contribution in [1.29, 1.82) is 0 Å². The lowest BCUT2D eigenvalue weighted by molar-refractivity contribution is 0.0205. The average Bonchev–Trinajstić information content (AvgIpc) is 3.32. The van der Waals surface area contributed by atoms with Gasteiger partial charge in [-0.05, 0) is 69.9 Å². The van der Waals surface area contributed by atoms with E-state index in [-0.39, 0.29) is 28.5 Å². The number of rotatable bonds is 4. The summed E-state index contributed by atoms with van der Waals surface area (Å²) in [5.41, 5.74) is -2.17. The SMILES string of the molecule is CN(C(=O)OC(C)(C)C)C1CCCc2sc(-c3nc4c(cc3F)c(=O)c(C(=O)O)cn4-c3ccc(F)cc3F)cc21. The standard InChI is InChI=1S/C29H26F3N3O5S/c1-29(2,3)40-28(39)34(4)20-6-5-7-22-15(20)12-23(41-22)24-19(32)11-16-25(36)17(27(37)38)13-35(26(16)33-24)21-9-8-14(30)10-18(21)31/h8-13,20H,5-7H2,1-4H3,(H,37,38). The summed E-state index contributed by atoms with van der Waals surface area (Å²) in [5, 5.41) is 9.18. The van der Waals surface area contributed by atoms with Gasteiger partial charge in [0.2, 0.25) is 5.43 Å². The molecule has 1 unspecified atom stereocenters. The number of halogens is 3. The molecule has 1 atom stereocenters. The third kappa shape index (κ3) is 5.31. The van der Waals surface area contributed by atoms with E-state index in [1.54, 1.807) is 33.9 Å². The highest BCUT2D eigenvalue weighted by molar-refractivity contribution is 7.15. The van der Waals surface area contributed by atoms with Crippen LogP contribution in [0.25, 0.3) is 27.3 Å². The first-order valence-corrected chi connectivity index (χ1v) is 13.6. The molecule has 4 aromatic rings. The van der Waals surface area contributed by atoms with Crippen molar-refractivity contribution in [1.82, 2.24) is 14.5 Å². The molecule has 0 bridgehead atoms. The fourth-order valence-electron chi connectivity index (χ4n) is 4.92. The minimum absolute atomic E-state index is 0.130. The summed E-state index contributed by atoms with van der Waals surface area (Å²) in [4.78, 5) is 44.7. The molecule has 1 aliphatic carbocycles. The second-order valence-electron chi connectivity index (χ2n) is 10.8. The zero-order valence-electron chi connectivity index (χ0n) is 22.6. The van der Waals surface area contributed by atoms with E-state index < -0.39 is 46.1 Å². The number of carbonyl (C=O) groups is 2. The van der Waals surface area contributed by atoms with Gasteiger partial charge in [0.15, 0.2) is 5.82 Å². The number of pyridine rings is 2. The van der Waals surface area contributed by atoms with Crippen LogP contribution in [0, 0.1) is 17.5 Å². The third-order valence-corrected chi connectivity index (χ3v) is 8.01. The van der Waals surface area contributed by atoms with E-state index in [0.717, 1.165) is 45.8 Å². The van der Waals surface area contributed by atoms with Crippen molar-refractivity contribution in [2.24, 2.45) is 0 Å². The fourth-order valence-corrected chi connectivity index (χ4v) is 6.17. The quantitative estimate of drug-likeness (QED) is 0.294. The summed E-state index contributed by atoms with van der Waals surface area (Å²) >= 11 is 1.29. The highest BCUT2D eigenvalue weighted by Crippen LogP contribution is 2.43. The van der Waals surface area contributed by atoms with Gasteiger partial charge in [-0.25, -0.2) is 27.7 Å². The Morgan fingerprint density at radius 2 is 1.88 bits per heavy atom. The van der Waals surface area contributed by atoms with Gasteiger partial charge in [0.05, 0.1) is 22.0 Å².